The van der Waals surface area contributed by atoms with Crippen molar-refractivity contribution < 1.29 is 14.3 Å². The molecule has 0 aromatic heterocycles. The molecule has 4 heteroatoms. The van der Waals surface area contributed by atoms with E-state index in [1.54, 1.807) is 24.3 Å². The largest absolute Gasteiger partial charge is 0.353 e. The van der Waals surface area contributed by atoms with E-state index in [1.807, 2.05) is 0 Å². The van der Waals surface area contributed by atoms with E-state index >= 15 is 0 Å². The van der Waals surface area contributed by atoms with Crippen molar-refractivity contribution in [3.63, 3.8) is 0 Å². The van der Waals surface area contributed by atoms with Crippen LogP contribution in [0.2, 0.25) is 5.02 Å². The molecular formula is C13H15ClO3. The summed E-state index contributed by atoms with van der Waals surface area (Å²) in [7, 11) is 0. The Labute approximate surface area is 106 Å². The van der Waals surface area contributed by atoms with E-state index in [1.165, 1.54) is 0 Å². The first-order chi connectivity index (χ1) is 8.25. The number of Topliss-reactive ketones (excluding diaryl/α,β-unsaturated/α-hetero) is 1. The first-order valence-electron chi connectivity index (χ1n) is 5.78. The fourth-order valence-corrected chi connectivity index (χ4v) is 1.95. The molecule has 1 saturated heterocycles. The average molecular weight is 255 g/mol. The van der Waals surface area contributed by atoms with Gasteiger partial charge in [0.05, 0.1) is 13.2 Å². The third-order valence-electron chi connectivity index (χ3n) is 2.65. The van der Waals surface area contributed by atoms with Gasteiger partial charge < -0.3 is 9.47 Å². The summed E-state index contributed by atoms with van der Waals surface area (Å²) in [6, 6.07) is 7.00. The fourth-order valence-electron chi connectivity index (χ4n) is 1.76. The van der Waals surface area contributed by atoms with E-state index in [0.29, 0.717) is 23.4 Å². The van der Waals surface area contributed by atoms with Crippen molar-refractivity contribution in [1.82, 2.24) is 0 Å². The summed E-state index contributed by atoms with van der Waals surface area (Å²) in [4.78, 5) is 11.9. The zero-order chi connectivity index (χ0) is 12.1. The molecule has 92 valence electrons. The Balaban J connectivity index is 1.84. The molecule has 0 radical (unpaired) electrons. The van der Waals surface area contributed by atoms with Gasteiger partial charge in [-0.3, -0.25) is 4.79 Å². The van der Waals surface area contributed by atoms with E-state index < -0.39 is 0 Å². The number of benzene rings is 1. The van der Waals surface area contributed by atoms with Crippen LogP contribution in [0.4, 0.5) is 0 Å². The Kier molecular flexibility index (Phi) is 4.54. The fraction of sp³-hybridized carbons (Fsp3) is 0.462. The van der Waals surface area contributed by atoms with Gasteiger partial charge in [-0.15, -0.1) is 0 Å². The van der Waals surface area contributed by atoms with Crippen LogP contribution in [0.1, 0.15) is 29.6 Å². The molecule has 1 aromatic carbocycles. The summed E-state index contributed by atoms with van der Waals surface area (Å²) in [5.74, 6) is 0.0743. The Morgan fingerprint density at radius 3 is 2.82 bits per heavy atom. The van der Waals surface area contributed by atoms with Crippen LogP contribution in [-0.4, -0.2) is 25.3 Å². The van der Waals surface area contributed by atoms with Gasteiger partial charge in [0.25, 0.3) is 0 Å². The average Bonchev–Trinajstić information content (AvgIpc) is 2.37. The van der Waals surface area contributed by atoms with Crippen LogP contribution >= 0.6 is 11.6 Å². The molecule has 3 nitrogen and oxygen atoms in total. The van der Waals surface area contributed by atoms with Crippen molar-refractivity contribution in [1.29, 1.82) is 0 Å². The van der Waals surface area contributed by atoms with Crippen LogP contribution in [0, 0.1) is 0 Å². The molecule has 17 heavy (non-hydrogen) atoms. The second-order valence-corrected chi connectivity index (χ2v) is 4.43. The van der Waals surface area contributed by atoms with Crippen LogP contribution in [0.15, 0.2) is 24.3 Å². The highest BCUT2D eigenvalue weighted by Gasteiger charge is 2.16. The van der Waals surface area contributed by atoms with E-state index in [4.69, 9.17) is 21.1 Å². The maximum Gasteiger partial charge on any atom is 0.163 e. The Bertz CT molecular complexity index is 386. The Morgan fingerprint density at radius 2 is 2.12 bits per heavy atom. The van der Waals surface area contributed by atoms with Crippen LogP contribution in [-0.2, 0) is 9.47 Å². The minimum absolute atomic E-state index is 0.0743. The monoisotopic (exact) mass is 254 g/mol. The summed E-state index contributed by atoms with van der Waals surface area (Å²) >= 11 is 5.84. The standard InChI is InChI=1S/C13H15ClO3/c14-11-4-1-3-10(9-11)12(15)5-6-13-16-7-2-8-17-13/h1,3-4,9,13H,2,5-8H2. The highest BCUT2D eigenvalue weighted by atomic mass is 35.5. The van der Waals surface area contributed by atoms with E-state index in [-0.39, 0.29) is 12.1 Å². The number of carbonyl (C=O) groups excluding carboxylic acids is 1. The highest BCUT2D eigenvalue weighted by Crippen LogP contribution is 2.16. The lowest BCUT2D eigenvalue weighted by molar-refractivity contribution is -0.180. The van der Waals surface area contributed by atoms with Crippen LogP contribution < -0.4 is 0 Å². The van der Waals surface area contributed by atoms with Crippen molar-refractivity contribution >= 4 is 17.4 Å². The maximum absolute atomic E-state index is 11.9. The van der Waals surface area contributed by atoms with Gasteiger partial charge in [-0.05, 0) is 18.6 Å². The minimum Gasteiger partial charge on any atom is -0.353 e. The molecule has 0 bridgehead atoms. The zero-order valence-corrected chi connectivity index (χ0v) is 10.3. The predicted molar refractivity (Wildman–Crippen MR) is 65.3 cm³/mol. The molecule has 0 spiro atoms. The zero-order valence-electron chi connectivity index (χ0n) is 9.52. The van der Waals surface area contributed by atoms with Gasteiger partial charge in [-0.1, -0.05) is 23.7 Å². The Hall–Kier alpha value is -0.900. The van der Waals surface area contributed by atoms with Crippen molar-refractivity contribution in [3.8, 4) is 0 Å². The minimum atomic E-state index is -0.230. The van der Waals surface area contributed by atoms with E-state index in [9.17, 15) is 4.79 Å². The van der Waals surface area contributed by atoms with Gasteiger partial charge in [0.15, 0.2) is 12.1 Å². The van der Waals surface area contributed by atoms with E-state index in [0.717, 1.165) is 19.6 Å². The van der Waals surface area contributed by atoms with Crippen LogP contribution in [0.25, 0.3) is 0 Å². The molecular weight excluding hydrogens is 240 g/mol. The van der Waals surface area contributed by atoms with Gasteiger partial charge in [-0.25, -0.2) is 0 Å². The molecule has 1 fully saturated rings. The Morgan fingerprint density at radius 1 is 1.35 bits per heavy atom. The van der Waals surface area contributed by atoms with Crippen molar-refractivity contribution in [2.24, 2.45) is 0 Å². The van der Waals surface area contributed by atoms with Crippen molar-refractivity contribution in [2.45, 2.75) is 25.6 Å². The van der Waals surface area contributed by atoms with Gasteiger partial charge in [-0.2, -0.15) is 0 Å². The molecule has 2 rings (SSSR count). The van der Waals surface area contributed by atoms with Crippen molar-refractivity contribution in [3.05, 3.63) is 34.9 Å². The quantitative estimate of drug-likeness (QED) is 0.775. The van der Waals surface area contributed by atoms with E-state index in [2.05, 4.69) is 0 Å². The number of ether oxygens (including phenoxy) is 2. The molecule has 0 atom stereocenters. The van der Waals surface area contributed by atoms with Gasteiger partial charge in [0.2, 0.25) is 0 Å². The molecule has 0 N–H and O–H groups in total. The van der Waals surface area contributed by atoms with Crippen molar-refractivity contribution in [2.75, 3.05) is 13.2 Å². The molecule has 0 saturated carbocycles. The van der Waals surface area contributed by atoms with Crippen LogP contribution in [0.5, 0.6) is 0 Å². The summed E-state index contributed by atoms with van der Waals surface area (Å²) in [5, 5.41) is 0.584. The smallest absolute Gasteiger partial charge is 0.163 e. The highest BCUT2D eigenvalue weighted by molar-refractivity contribution is 6.31. The summed E-state index contributed by atoms with van der Waals surface area (Å²) < 4.78 is 10.8. The van der Waals surface area contributed by atoms with Gasteiger partial charge >= 0.3 is 0 Å². The molecule has 0 aliphatic carbocycles. The number of halogens is 1. The lowest BCUT2D eigenvalue weighted by Gasteiger charge is -2.22. The topological polar surface area (TPSA) is 35.5 Å². The second-order valence-electron chi connectivity index (χ2n) is 4.00. The van der Waals surface area contributed by atoms with Gasteiger partial charge in [0.1, 0.15) is 0 Å². The first-order valence-corrected chi connectivity index (χ1v) is 6.15. The molecule has 1 heterocycles. The molecule has 1 aliphatic heterocycles. The first kappa shape index (κ1) is 12.6. The summed E-state index contributed by atoms with van der Waals surface area (Å²) in [6.45, 7) is 1.44. The van der Waals surface area contributed by atoms with Crippen LogP contribution in [0.3, 0.4) is 0 Å². The number of hydrogen-bond donors (Lipinski definition) is 0. The number of carbonyl (C=O) groups is 1. The predicted octanol–water partition coefficient (Wildman–Crippen LogP) is 3.07. The number of hydrogen-bond acceptors (Lipinski definition) is 3. The summed E-state index contributed by atoms with van der Waals surface area (Å²) in [6.07, 6.45) is 1.72. The molecule has 1 aliphatic rings. The second kappa shape index (κ2) is 6.15. The molecule has 0 amide bonds. The number of rotatable bonds is 4. The summed E-state index contributed by atoms with van der Waals surface area (Å²) in [5.41, 5.74) is 0.647. The SMILES string of the molecule is O=C(CCC1OCCCO1)c1cccc(Cl)c1. The lowest BCUT2D eigenvalue weighted by Crippen LogP contribution is -2.25. The lowest BCUT2D eigenvalue weighted by atomic mass is 10.1. The van der Waals surface area contributed by atoms with Gasteiger partial charge in [0, 0.05) is 23.4 Å². The maximum atomic E-state index is 11.9. The normalized spacial score (nSPS) is 17.0. The third-order valence-corrected chi connectivity index (χ3v) is 2.88. The number of ketones is 1. The molecule has 1 aromatic rings. The molecule has 0 unspecified atom stereocenters. The third kappa shape index (κ3) is 3.80.